The Hall–Kier alpha value is -3.81. The van der Waals surface area contributed by atoms with E-state index in [1.807, 2.05) is 20.8 Å². The van der Waals surface area contributed by atoms with Gasteiger partial charge in [0, 0.05) is 35.5 Å². The van der Waals surface area contributed by atoms with Gasteiger partial charge < -0.3 is 16.0 Å². The molecule has 0 spiro atoms. The molecule has 7 nitrogen and oxygen atoms in total. The molecule has 3 N–H and O–H groups in total. The second-order valence-electron chi connectivity index (χ2n) is 10.5. The standard InChI is InChI=1S/C29H35FN4O3/c1-7-12-31-18(3)33-28(37)24-13-19(26(35)32-16-29(4,5)6)8-11-22(24)23-14-20(15-25(30)17(23)2)27(36)34-21-9-10-21/h7-8,11-15,21H,9-10,16H2,1-6H3,(H,32,35)(H,34,36)(H,31,33,37)/b12-7-. The number of nitrogens with zero attached hydrogens (tertiary/aromatic N) is 1. The molecule has 0 radical (unpaired) electrons. The van der Waals surface area contributed by atoms with Crippen molar-refractivity contribution in [3.8, 4) is 11.1 Å². The Morgan fingerprint density at radius 3 is 2.35 bits per heavy atom. The summed E-state index contributed by atoms with van der Waals surface area (Å²) >= 11 is 0. The monoisotopic (exact) mass is 506 g/mol. The normalized spacial score (nSPS) is 14.0. The smallest absolute Gasteiger partial charge is 0.257 e. The van der Waals surface area contributed by atoms with Crippen molar-refractivity contribution in [2.75, 3.05) is 6.54 Å². The number of aliphatic imine (C=N–C) groups is 1. The van der Waals surface area contributed by atoms with Crippen LogP contribution in [-0.4, -0.2) is 36.1 Å². The van der Waals surface area contributed by atoms with Gasteiger partial charge in [-0.3, -0.25) is 14.4 Å². The van der Waals surface area contributed by atoms with Gasteiger partial charge in [-0.05, 0) is 80.0 Å². The van der Waals surface area contributed by atoms with Crippen LogP contribution in [0.2, 0.25) is 0 Å². The van der Waals surface area contributed by atoms with E-state index < -0.39 is 11.7 Å². The topological polar surface area (TPSA) is 99.7 Å². The fourth-order valence-electron chi connectivity index (χ4n) is 3.59. The van der Waals surface area contributed by atoms with E-state index in [9.17, 15) is 18.8 Å². The zero-order valence-electron chi connectivity index (χ0n) is 22.3. The van der Waals surface area contributed by atoms with Gasteiger partial charge in [-0.2, -0.15) is 0 Å². The minimum Gasteiger partial charge on any atom is -0.352 e. The van der Waals surface area contributed by atoms with E-state index in [-0.39, 0.29) is 34.4 Å². The lowest BCUT2D eigenvalue weighted by Crippen LogP contribution is -2.33. The molecule has 196 valence electrons. The van der Waals surface area contributed by atoms with E-state index in [0.29, 0.717) is 34.6 Å². The third-order valence-corrected chi connectivity index (χ3v) is 5.83. The van der Waals surface area contributed by atoms with E-state index in [0.717, 1.165) is 12.8 Å². The van der Waals surface area contributed by atoms with Crippen LogP contribution < -0.4 is 16.0 Å². The molecule has 1 aliphatic rings. The molecule has 2 aromatic carbocycles. The van der Waals surface area contributed by atoms with Gasteiger partial charge in [0.05, 0.1) is 0 Å². The minimum atomic E-state index is -0.553. The predicted molar refractivity (Wildman–Crippen MR) is 144 cm³/mol. The van der Waals surface area contributed by atoms with Crippen molar-refractivity contribution in [1.29, 1.82) is 0 Å². The SMILES string of the molecule is C/C=C\N=C(C)NC(=O)c1cc(C(=O)NCC(C)(C)C)ccc1-c1cc(C(=O)NC2CC2)cc(F)c1C. The molecule has 0 saturated heterocycles. The van der Waals surface area contributed by atoms with E-state index in [1.54, 1.807) is 51.2 Å². The lowest BCUT2D eigenvalue weighted by molar-refractivity contribution is 0.0935. The molecule has 1 aliphatic carbocycles. The van der Waals surface area contributed by atoms with Gasteiger partial charge in [-0.25, -0.2) is 9.38 Å². The summed E-state index contributed by atoms with van der Waals surface area (Å²) in [7, 11) is 0. The third kappa shape index (κ3) is 7.59. The molecule has 2 aromatic rings. The van der Waals surface area contributed by atoms with Gasteiger partial charge in [-0.1, -0.05) is 32.9 Å². The number of nitrogens with one attached hydrogen (secondary N) is 3. The molecule has 3 amide bonds. The average molecular weight is 507 g/mol. The summed E-state index contributed by atoms with van der Waals surface area (Å²) in [5.41, 5.74) is 1.61. The molecule has 3 rings (SSSR count). The fourth-order valence-corrected chi connectivity index (χ4v) is 3.59. The molecule has 1 fully saturated rings. The second-order valence-corrected chi connectivity index (χ2v) is 10.5. The van der Waals surface area contributed by atoms with Crippen molar-refractivity contribution in [3.63, 3.8) is 0 Å². The number of hydrogen-bond donors (Lipinski definition) is 3. The molecule has 0 unspecified atom stereocenters. The molecule has 1 saturated carbocycles. The van der Waals surface area contributed by atoms with E-state index in [4.69, 9.17) is 0 Å². The van der Waals surface area contributed by atoms with Crippen LogP contribution in [0.15, 0.2) is 47.6 Å². The summed E-state index contributed by atoms with van der Waals surface area (Å²) in [4.78, 5) is 43.0. The minimum absolute atomic E-state index is 0.118. The van der Waals surface area contributed by atoms with Gasteiger partial charge in [-0.15, -0.1) is 0 Å². The summed E-state index contributed by atoms with van der Waals surface area (Å²) in [6.07, 6.45) is 5.09. The highest BCUT2D eigenvalue weighted by Crippen LogP contribution is 2.31. The Kier molecular flexibility index (Phi) is 8.63. The highest BCUT2D eigenvalue weighted by Gasteiger charge is 2.26. The van der Waals surface area contributed by atoms with E-state index >= 15 is 0 Å². The highest BCUT2D eigenvalue weighted by molar-refractivity contribution is 6.11. The first-order valence-electron chi connectivity index (χ1n) is 12.4. The van der Waals surface area contributed by atoms with Crippen LogP contribution in [0.4, 0.5) is 4.39 Å². The van der Waals surface area contributed by atoms with Crippen molar-refractivity contribution >= 4 is 23.6 Å². The van der Waals surface area contributed by atoms with Gasteiger partial charge in [0.25, 0.3) is 17.7 Å². The molecule has 0 aliphatic heterocycles. The van der Waals surface area contributed by atoms with Crippen LogP contribution in [0.25, 0.3) is 11.1 Å². The molecule has 0 aromatic heterocycles. The number of benzene rings is 2. The molecular weight excluding hydrogens is 471 g/mol. The maximum atomic E-state index is 15.0. The summed E-state index contributed by atoms with van der Waals surface area (Å²) in [6.45, 7) is 11.5. The zero-order valence-corrected chi connectivity index (χ0v) is 22.3. The van der Waals surface area contributed by atoms with Crippen LogP contribution in [0.1, 0.15) is 84.1 Å². The summed E-state index contributed by atoms with van der Waals surface area (Å²) in [5, 5.41) is 8.48. The lowest BCUT2D eigenvalue weighted by Gasteiger charge is -2.19. The number of hydrogen-bond acceptors (Lipinski definition) is 4. The third-order valence-electron chi connectivity index (χ3n) is 5.83. The van der Waals surface area contributed by atoms with Gasteiger partial charge >= 0.3 is 0 Å². The highest BCUT2D eigenvalue weighted by atomic mass is 19.1. The average Bonchev–Trinajstić information content (AvgIpc) is 3.66. The quantitative estimate of drug-likeness (QED) is 0.358. The zero-order chi connectivity index (χ0) is 27.3. The molecule has 37 heavy (non-hydrogen) atoms. The second kappa shape index (κ2) is 11.5. The number of rotatable bonds is 7. The van der Waals surface area contributed by atoms with Crippen molar-refractivity contribution in [1.82, 2.24) is 16.0 Å². The van der Waals surface area contributed by atoms with E-state index in [2.05, 4.69) is 20.9 Å². The Balaban J connectivity index is 2.08. The Morgan fingerprint density at radius 1 is 1.03 bits per heavy atom. The number of carbonyl (C=O) groups is 3. The predicted octanol–water partition coefficient (Wildman–Crippen LogP) is 5.15. The summed E-state index contributed by atoms with van der Waals surface area (Å²) in [5.74, 6) is -1.38. The van der Waals surface area contributed by atoms with E-state index in [1.165, 1.54) is 12.1 Å². The Morgan fingerprint density at radius 2 is 1.73 bits per heavy atom. The van der Waals surface area contributed by atoms with Gasteiger partial charge in [0.15, 0.2) is 0 Å². The van der Waals surface area contributed by atoms with Crippen molar-refractivity contribution in [3.05, 3.63) is 70.7 Å². The summed E-state index contributed by atoms with van der Waals surface area (Å²) in [6, 6.07) is 7.61. The van der Waals surface area contributed by atoms with Gasteiger partial charge in [0.2, 0.25) is 0 Å². The first kappa shape index (κ1) is 27.8. The van der Waals surface area contributed by atoms with Crippen LogP contribution in [0, 0.1) is 18.2 Å². The lowest BCUT2D eigenvalue weighted by atomic mass is 9.91. The van der Waals surface area contributed by atoms with Crippen molar-refractivity contribution in [2.45, 2.75) is 60.4 Å². The van der Waals surface area contributed by atoms with Crippen LogP contribution in [0.3, 0.4) is 0 Å². The number of halogens is 1. The Bertz CT molecular complexity index is 1270. The molecule has 0 bridgehead atoms. The number of carbonyl (C=O) groups excluding carboxylic acids is 3. The molecule has 0 heterocycles. The number of amidine groups is 1. The maximum absolute atomic E-state index is 15.0. The molecule has 0 atom stereocenters. The van der Waals surface area contributed by atoms with Crippen LogP contribution in [0.5, 0.6) is 0 Å². The number of allylic oxidation sites excluding steroid dienone is 1. The van der Waals surface area contributed by atoms with Crippen LogP contribution in [-0.2, 0) is 0 Å². The largest absolute Gasteiger partial charge is 0.352 e. The van der Waals surface area contributed by atoms with Crippen LogP contribution >= 0.6 is 0 Å². The molecule has 8 heteroatoms. The first-order chi connectivity index (χ1) is 17.4. The Labute approximate surface area is 217 Å². The number of amides is 3. The maximum Gasteiger partial charge on any atom is 0.257 e. The van der Waals surface area contributed by atoms with Crippen molar-refractivity contribution < 1.29 is 18.8 Å². The first-order valence-corrected chi connectivity index (χ1v) is 12.4. The van der Waals surface area contributed by atoms with Gasteiger partial charge in [0.1, 0.15) is 11.7 Å². The van der Waals surface area contributed by atoms with Crippen molar-refractivity contribution in [2.24, 2.45) is 10.4 Å². The molecular formula is C29H35FN4O3. The summed E-state index contributed by atoms with van der Waals surface area (Å²) < 4.78 is 15.0. The fraction of sp³-hybridized carbons (Fsp3) is 0.379.